The zero-order chi connectivity index (χ0) is 10.7. The summed E-state index contributed by atoms with van der Waals surface area (Å²) in [5.74, 6) is 2.18. The fourth-order valence-electron chi connectivity index (χ4n) is 1.44. The molecule has 0 radical (unpaired) electrons. The maximum atomic E-state index is 5.76. The summed E-state index contributed by atoms with van der Waals surface area (Å²) in [6.07, 6.45) is 5.20. The number of alkyl halides is 1. The van der Waals surface area contributed by atoms with Crippen LogP contribution in [0.1, 0.15) is 18.6 Å². The van der Waals surface area contributed by atoms with Crippen LogP contribution in [-0.4, -0.2) is 24.3 Å². The van der Waals surface area contributed by atoms with Gasteiger partial charge in [0.1, 0.15) is 18.0 Å². The highest BCUT2D eigenvalue weighted by Gasteiger charge is 2.06. The number of hydrogen-bond acceptors (Lipinski definition) is 3. The van der Waals surface area contributed by atoms with Crippen molar-refractivity contribution >= 4 is 11.6 Å². The lowest BCUT2D eigenvalue weighted by Gasteiger charge is -2.06. The fourth-order valence-corrected chi connectivity index (χ4v) is 1.66. The maximum Gasteiger partial charge on any atom is 0.146 e. The molecule has 0 bridgehead atoms. The highest BCUT2D eigenvalue weighted by Crippen LogP contribution is 2.05. The molecule has 0 aliphatic heterocycles. The third kappa shape index (κ3) is 2.02. The van der Waals surface area contributed by atoms with Gasteiger partial charge in [-0.2, -0.15) is 5.10 Å². The van der Waals surface area contributed by atoms with Crippen LogP contribution in [0.5, 0.6) is 0 Å². The van der Waals surface area contributed by atoms with E-state index >= 15 is 0 Å². The largest absolute Gasteiger partial charge is 0.326 e. The Kier molecular flexibility index (Phi) is 3.01. The molecule has 0 aliphatic carbocycles. The lowest BCUT2D eigenvalue weighted by molar-refractivity contribution is 0.586. The van der Waals surface area contributed by atoms with Gasteiger partial charge < -0.3 is 4.57 Å². The van der Waals surface area contributed by atoms with E-state index in [0.717, 1.165) is 18.2 Å². The van der Waals surface area contributed by atoms with Gasteiger partial charge >= 0.3 is 0 Å². The van der Waals surface area contributed by atoms with E-state index < -0.39 is 0 Å². The number of hydrogen-bond donors (Lipinski definition) is 0. The van der Waals surface area contributed by atoms with E-state index in [9.17, 15) is 0 Å². The van der Waals surface area contributed by atoms with Gasteiger partial charge in [0.05, 0.1) is 12.4 Å². The molecule has 0 aliphatic rings. The van der Waals surface area contributed by atoms with E-state index in [1.807, 2.05) is 22.4 Å². The lowest BCUT2D eigenvalue weighted by Crippen LogP contribution is -2.10. The maximum absolute atomic E-state index is 5.76. The summed E-state index contributed by atoms with van der Waals surface area (Å²) in [6, 6.07) is 0. The monoisotopic (exact) mass is 225 g/mol. The van der Waals surface area contributed by atoms with Crippen molar-refractivity contribution in [3.05, 3.63) is 30.4 Å². The van der Waals surface area contributed by atoms with Crippen LogP contribution < -0.4 is 0 Å². The summed E-state index contributed by atoms with van der Waals surface area (Å²) in [4.78, 5) is 8.34. The van der Waals surface area contributed by atoms with E-state index in [0.29, 0.717) is 12.4 Å². The van der Waals surface area contributed by atoms with Gasteiger partial charge in [-0.1, -0.05) is 0 Å². The molecule has 0 aromatic carbocycles. The second kappa shape index (κ2) is 4.44. The summed E-state index contributed by atoms with van der Waals surface area (Å²) in [5, 5.41) is 4.11. The Morgan fingerprint density at radius 3 is 2.93 bits per heavy atom. The van der Waals surface area contributed by atoms with Crippen molar-refractivity contribution in [2.24, 2.45) is 0 Å². The molecule has 6 heteroatoms. The van der Waals surface area contributed by atoms with Crippen LogP contribution in [0.4, 0.5) is 0 Å². The molecule has 2 rings (SSSR count). The quantitative estimate of drug-likeness (QED) is 0.737. The summed E-state index contributed by atoms with van der Waals surface area (Å²) in [5.41, 5.74) is 0. The van der Waals surface area contributed by atoms with Crippen LogP contribution in [0, 0.1) is 0 Å². The van der Waals surface area contributed by atoms with Gasteiger partial charge in [-0.25, -0.2) is 14.6 Å². The number of nitrogens with zero attached hydrogens (tertiary/aromatic N) is 5. The minimum atomic E-state index is 0.410. The van der Waals surface area contributed by atoms with E-state index in [4.69, 9.17) is 11.6 Å². The van der Waals surface area contributed by atoms with Gasteiger partial charge in [-0.15, -0.1) is 11.6 Å². The van der Waals surface area contributed by atoms with Gasteiger partial charge in [0.2, 0.25) is 0 Å². The first-order valence-corrected chi connectivity index (χ1v) is 5.31. The molecule has 0 saturated carbocycles. The van der Waals surface area contributed by atoms with Crippen LogP contribution in [0.25, 0.3) is 0 Å². The van der Waals surface area contributed by atoms with Crippen molar-refractivity contribution in [1.29, 1.82) is 0 Å². The van der Waals surface area contributed by atoms with Crippen LogP contribution in [-0.2, 0) is 19.0 Å². The van der Waals surface area contributed by atoms with Crippen molar-refractivity contribution in [2.75, 3.05) is 0 Å². The molecule has 2 aromatic heterocycles. The van der Waals surface area contributed by atoms with Gasteiger partial charge in [0.15, 0.2) is 0 Å². The number of imidazole rings is 1. The molecule has 0 saturated heterocycles. The standard InChI is InChI=1S/C9H12ClN5/c1-2-15-9(12-7-13-15)6-14-4-3-11-8(14)5-10/h3-4,7H,2,5-6H2,1H3. The Morgan fingerprint density at radius 2 is 2.20 bits per heavy atom. The highest BCUT2D eigenvalue weighted by atomic mass is 35.5. The summed E-state index contributed by atoms with van der Waals surface area (Å²) in [7, 11) is 0. The van der Waals surface area contributed by atoms with Gasteiger partial charge in [0.25, 0.3) is 0 Å². The number of halogens is 1. The first kappa shape index (κ1) is 10.2. The topological polar surface area (TPSA) is 48.5 Å². The normalized spacial score (nSPS) is 10.8. The molecule has 2 heterocycles. The third-order valence-corrected chi connectivity index (χ3v) is 2.47. The van der Waals surface area contributed by atoms with Crippen LogP contribution in [0.2, 0.25) is 0 Å². The van der Waals surface area contributed by atoms with Crippen molar-refractivity contribution in [2.45, 2.75) is 25.9 Å². The molecule has 0 atom stereocenters. The highest BCUT2D eigenvalue weighted by molar-refractivity contribution is 6.16. The summed E-state index contributed by atoms with van der Waals surface area (Å²) < 4.78 is 3.83. The van der Waals surface area contributed by atoms with Crippen molar-refractivity contribution < 1.29 is 0 Å². The average molecular weight is 226 g/mol. The minimum absolute atomic E-state index is 0.410. The van der Waals surface area contributed by atoms with Gasteiger partial charge in [-0.3, -0.25) is 0 Å². The molecule has 2 aromatic rings. The van der Waals surface area contributed by atoms with E-state index in [-0.39, 0.29) is 0 Å². The van der Waals surface area contributed by atoms with Gasteiger partial charge in [0, 0.05) is 18.9 Å². The van der Waals surface area contributed by atoms with E-state index in [1.54, 1.807) is 12.5 Å². The molecule has 0 fully saturated rings. The third-order valence-electron chi connectivity index (χ3n) is 2.23. The van der Waals surface area contributed by atoms with Crippen molar-refractivity contribution in [3.63, 3.8) is 0 Å². The molecule has 0 unspecified atom stereocenters. The summed E-state index contributed by atoms with van der Waals surface area (Å²) >= 11 is 5.76. The van der Waals surface area contributed by atoms with Crippen LogP contribution >= 0.6 is 11.6 Å². The first-order valence-electron chi connectivity index (χ1n) is 4.77. The zero-order valence-corrected chi connectivity index (χ0v) is 9.22. The van der Waals surface area contributed by atoms with Crippen molar-refractivity contribution in [3.8, 4) is 0 Å². The zero-order valence-electron chi connectivity index (χ0n) is 8.47. The van der Waals surface area contributed by atoms with Crippen LogP contribution in [0.3, 0.4) is 0 Å². The van der Waals surface area contributed by atoms with Crippen LogP contribution in [0.15, 0.2) is 18.7 Å². The molecule has 0 amide bonds. The predicted molar refractivity (Wildman–Crippen MR) is 56.6 cm³/mol. The fraction of sp³-hybridized carbons (Fsp3) is 0.444. The molecule has 5 nitrogen and oxygen atoms in total. The average Bonchev–Trinajstić information content (AvgIpc) is 2.87. The van der Waals surface area contributed by atoms with Gasteiger partial charge in [-0.05, 0) is 6.92 Å². The number of aromatic nitrogens is 5. The Bertz CT molecular complexity index is 393. The van der Waals surface area contributed by atoms with Crippen molar-refractivity contribution in [1.82, 2.24) is 24.3 Å². The minimum Gasteiger partial charge on any atom is -0.326 e. The van der Waals surface area contributed by atoms with E-state index in [2.05, 4.69) is 15.1 Å². The Morgan fingerprint density at radius 1 is 1.33 bits per heavy atom. The molecule has 0 spiro atoms. The number of aryl methyl sites for hydroxylation is 1. The molecular formula is C9H12ClN5. The van der Waals surface area contributed by atoms with E-state index in [1.165, 1.54) is 0 Å². The SMILES string of the molecule is CCn1ncnc1Cn1ccnc1CCl. The Hall–Kier alpha value is -1.36. The molecule has 15 heavy (non-hydrogen) atoms. The Balaban J connectivity index is 2.21. The molecule has 80 valence electrons. The molecular weight excluding hydrogens is 214 g/mol. The Labute approximate surface area is 92.7 Å². The second-order valence-electron chi connectivity index (χ2n) is 3.10. The number of rotatable bonds is 4. The predicted octanol–water partition coefficient (Wildman–Crippen LogP) is 1.28. The lowest BCUT2D eigenvalue weighted by atomic mass is 10.5. The molecule has 0 N–H and O–H groups in total. The second-order valence-corrected chi connectivity index (χ2v) is 3.36. The summed E-state index contributed by atoms with van der Waals surface area (Å²) in [6.45, 7) is 3.52. The smallest absolute Gasteiger partial charge is 0.146 e. The first-order chi connectivity index (χ1) is 7.35.